The molecule has 6 heteroatoms. The highest BCUT2D eigenvalue weighted by molar-refractivity contribution is 5.94. The molecule has 0 saturated carbocycles. The Bertz CT molecular complexity index is 511. The van der Waals surface area contributed by atoms with E-state index in [0.29, 0.717) is 6.07 Å². The van der Waals surface area contributed by atoms with Crippen molar-refractivity contribution in [2.45, 2.75) is 13.1 Å². The lowest BCUT2D eigenvalue weighted by Crippen LogP contribution is -2.25. The van der Waals surface area contributed by atoms with Crippen molar-refractivity contribution in [1.29, 1.82) is 0 Å². The number of carbonyl (C=O) groups is 1. The van der Waals surface area contributed by atoms with Crippen molar-refractivity contribution < 1.29 is 22.4 Å². The maximum absolute atomic E-state index is 13.5. The zero-order valence-corrected chi connectivity index (χ0v) is 9.36. The number of amides is 1. The number of rotatable bonds is 2. The third-order valence-corrected chi connectivity index (χ3v) is 2.06. The molecule has 0 radical (unpaired) electrons. The van der Waals surface area contributed by atoms with Crippen LogP contribution in [0, 0.1) is 17.7 Å². The van der Waals surface area contributed by atoms with Crippen LogP contribution in [-0.4, -0.2) is 12.5 Å². The first kappa shape index (κ1) is 14.0. The maximum Gasteiger partial charge on any atom is 0.419 e. The minimum atomic E-state index is -4.83. The summed E-state index contributed by atoms with van der Waals surface area (Å²) in [5.74, 6) is 2.47. The van der Waals surface area contributed by atoms with Crippen LogP contribution in [0.3, 0.4) is 0 Å². The number of halogens is 4. The van der Waals surface area contributed by atoms with Gasteiger partial charge in [-0.15, -0.1) is 5.92 Å². The predicted octanol–water partition coefficient (Wildman–Crippen LogP) is 2.60. The third kappa shape index (κ3) is 3.23. The highest BCUT2D eigenvalue weighted by Crippen LogP contribution is 2.32. The molecule has 0 aromatic heterocycles. The molecule has 0 unspecified atom stereocenters. The van der Waals surface area contributed by atoms with Gasteiger partial charge >= 0.3 is 6.18 Å². The van der Waals surface area contributed by atoms with Gasteiger partial charge in [0.2, 0.25) is 0 Å². The van der Waals surface area contributed by atoms with E-state index in [1.165, 1.54) is 6.92 Å². The molecule has 1 amide bonds. The minimum Gasteiger partial charge on any atom is -0.341 e. The average molecular weight is 259 g/mol. The Morgan fingerprint density at radius 3 is 2.61 bits per heavy atom. The normalized spacial score (nSPS) is 10.5. The fourth-order valence-electron chi connectivity index (χ4n) is 1.23. The Balaban J connectivity index is 3.03. The smallest absolute Gasteiger partial charge is 0.341 e. The first-order valence-corrected chi connectivity index (χ1v) is 4.91. The van der Waals surface area contributed by atoms with Crippen molar-refractivity contribution in [1.82, 2.24) is 5.32 Å². The average Bonchev–Trinajstić information content (AvgIpc) is 2.28. The third-order valence-electron chi connectivity index (χ3n) is 2.06. The summed E-state index contributed by atoms with van der Waals surface area (Å²) in [7, 11) is 0. The molecular weight excluding hydrogens is 250 g/mol. The second-order valence-electron chi connectivity index (χ2n) is 3.27. The molecule has 2 nitrogen and oxygen atoms in total. The van der Waals surface area contributed by atoms with Crippen LogP contribution in [-0.2, 0) is 6.18 Å². The van der Waals surface area contributed by atoms with Gasteiger partial charge in [-0.1, -0.05) is 12.0 Å². The first-order valence-electron chi connectivity index (χ1n) is 4.91. The molecule has 0 heterocycles. The summed E-state index contributed by atoms with van der Waals surface area (Å²) in [6, 6.07) is 2.55. The van der Waals surface area contributed by atoms with E-state index in [9.17, 15) is 22.4 Å². The lowest BCUT2D eigenvalue weighted by Gasteiger charge is -2.10. The molecule has 18 heavy (non-hydrogen) atoms. The number of hydrogen-bond donors (Lipinski definition) is 1. The fraction of sp³-hybridized carbons (Fsp3) is 0.250. The number of alkyl halides is 3. The summed E-state index contributed by atoms with van der Waals surface area (Å²) < 4.78 is 50.7. The van der Waals surface area contributed by atoms with Crippen LogP contribution >= 0.6 is 0 Å². The minimum absolute atomic E-state index is 0.0506. The van der Waals surface area contributed by atoms with E-state index in [4.69, 9.17) is 0 Å². The van der Waals surface area contributed by atoms with E-state index >= 15 is 0 Å². The van der Waals surface area contributed by atoms with Gasteiger partial charge in [0.1, 0.15) is 5.82 Å². The van der Waals surface area contributed by atoms with Crippen LogP contribution in [0.25, 0.3) is 0 Å². The fourth-order valence-corrected chi connectivity index (χ4v) is 1.23. The summed E-state index contributed by atoms with van der Waals surface area (Å²) in [5.41, 5.74) is -2.11. The molecule has 1 aromatic rings. The quantitative estimate of drug-likeness (QED) is 0.642. The van der Waals surface area contributed by atoms with Crippen molar-refractivity contribution in [2.75, 3.05) is 6.54 Å². The van der Waals surface area contributed by atoms with Gasteiger partial charge in [0.05, 0.1) is 17.7 Å². The van der Waals surface area contributed by atoms with Crippen LogP contribution in [0.2, 0.25) is 0 Å². The van der Waals surface area contributed by atoms with Gasteiger partial charge in [0, 0.05) is 0 Å². The molecule has 0 atom stereocenters. The Hall–Kier alpha value is -2.03. The molecule has 96 valence electrons. The summed E-state index contributed by atoms with van der Waals surface area (Å²) in [6.07, 6.45) is -4.83. The van der Waals surface area contributed by atoms with Gasteiger partial charge < -0.3 is 5.32 Å². The van der Waals surface area contributed by atoms with Crippen LogP contribution in [0.15, 0.2) is 18.2 Å². The van der Waals surface area contributed by atoms with Gasteiger partial charge in [-0.3, -0.25) is 4.79 Å². The maximum atomic E-state index is 13.5. The molecule has 1 rings (SSSR count). The van der Waals surface area contributed by atoms with Crippen LogP contribution < -0.4 is 5.32 Å². The van der Waals surface area contributed by atoms with Crippen molar-refractivity contribution in [2.24, 2.45) is 0 Å². The lowest BCUT2D eigenvalue weighted by molar-refractivity contribution is -0.140. The van der Waals surface area contributed by atoms with Crippen molar-refractivity contribution in [3.63, 3.8) is 0 Å². The van der Waals surface area contributed by atoms with E-state index in [2.05, 4.69) is 17.2 Å². The van der Waals surface area contributed by atoms with Crippen LogP contribution in [0.4, 0.5) is 17.6 Å². The summed E-state index contributed by atoms with van der Waals surface area (Å²) in [6.45, 7) is 1.49. The molecule has 1 aromatic carbocycles. The second-order valence-corrected chi connectivity index (χ2v) is 3.27. The van der Waals surface area contributed by atoms with Crippen molar-refractivity contribution in [3.05, 3.63) is 35.1 Å². The summed E-state index contributed by atoms with van der Waals surface area (Å²) in [5, 5.41) is 2.20. The van der Waals surface area contributed by atoms with Gasteiger partial charge in [-0.2, -0.15) is 13.2 Å². The molecule has 0 spiro atoms. The largest absolute Gasteiger partial charge is 0.419 e. The zero-order chi connectivity index (χ0) is 13.8. The molecule has 0 fully saturated rings. The molecule has 0 aliphatic rings. The van der Waals surface area contributed by atoms with E-state index < -0.39 is 29.0 Å². The van der Waals surface area contributed by atoms with Gasteiger partial charge in [-0.25, -0.2) is 4.39 Å². The highest BCUT2D eigenvalue weighted by Gasteiger charge is 2.35. The van der Waals surface area contributed by atoms with Crippen molar-refractivity contribution >= 4 is 5.91 Å². The standard InChI is InChI=1S/C12H9F4NO/c1-2-3-7-17-11(18)8-5-4-6-9(10(8)13)12(14,15)16/h4-6H,7H2,1H3,(H,17,18). The predicted molar refractivity (Wildman–Crippen MR) is 57.2 cm³/mol. The SMILES string of the molecule is CC#CCNC(=O)c1cccc(C(F)(F)F)c1F. The van der Waals surface area contributed by atoms with E-state index in [1.54, 1.807) is 0 Å². The summed E-state index contributed by atoms with van der Waals surface area (Å²) >= 11 is 0. The molecule has 0 bridgehead atoms. The zero-order valence-electron chi connectivity index (χ0n) is 9.36. The van der Waals surface area contributed by atoms with E-state index in [-0.39, 0.29) is 6.54 Å². The number of hydrogen-bond acceptors (Lipinski definition) is 1. The van der Waals surface area contributed by atoms with Gasteiger partial charge in [0.15, 0.2) is 0 Å². The summed E-state index contributed by atoms with van der Waals surface area (Å²) in [4.78, 5) is 11.4. The van der Waals surface area contributed by atoms with Gasteiger partial charge in [-0.05, 0) is 19.1 Å². The Labute approximate surface area is 101 Å². The Kier molecular flexibility index (Phi) is 4.32. The van der Waals surface area contributed by atoms with E-state index in [0.717, 1.165) is 12.1 Å². The molecule has 0 aliphatic carbocycles. The molecule has 1 N–H and O–H groups in total. The number of nitrogens with one attached hydrogen (secondary N) is 1. The van der Waals surface area contributed by atoms with Crippen LogP contribution in [0.5, 0.6) is 0 Å². The second kappa shape index (κ2) is 5.54. The first-order chi connectivity index (χ1) is 8.38. The monoisotopic (exact) mass is 259 g/mol. The van der Waals surface area contributed by atoms with Crippen molar-refractivity contribution in [3.8, 4) is 11.8 Å². The molecule has 0 saturated heterocycles. The molecular formula is C12H9F4NO. The Morgan fingerprint density at radius 1 is 1.39 bits per heavy atom. The highest BCUT2D eigenvalue weighted by atomic mass is 19.4. The van der Waals surface area contributed by atoms with Crippen LogP contribution in [0.1, 0.15) is 22.8 Å². The Morgan fingerprint density at radius 2 is 2.06 bits per heavy atom. The number of benzene rings is 1. The lowest BCUT2D eigenvalue weighted by atomic mass is 10.1. The number of carbonyl (C=O) groups excluding carboxylic acids is 1. The van der Waals surface area contributed by atoms with E-state index in [1.807, 2.05) is 0 Å². The molecule has 0 aliphatic heterocycles. The topological polar surface area (TPSA) is 29.1 Å². The van der Waals surface area contributed by atoms with Gasteiger partial charge in [0.25, 0.3) is 5.91 Å².